The van der Waals surface area contributed by atoms with Crippen molar-refractivity contribution >= 4 is 27.1 Å². The SMILES string of the molecule is CS(=N)(=O)Cc1cc2cc(c1)OCCCCNc1cc(F)ccc1-c1nc(ncc1F)N2. The molecule has 10 heteroatoms. The molecule has 168 valence electrons. The van der Waals surface area contributed by atoms with Gasteiger partial charge in [-0.15, -0.1) is 0 Å². The summed E-state index contributed by atoms with van der Waals surface area (Å²) in [5.41, 5.74) is 2.14. The first-order valence-electron chi connectivity index (χ1n) is 10.1. The highest BCUT2D eigenvalue weighted by Crippen LogP contribution is 2.31. The number of rotatable bonds is 2. The van der Waals surface area contributed by atoms with Crippen LogP contribution in [-0.4, -0.2) is 33.6 Å². The van der Waals surface area contributed by atoms with E-state index in [-0.39, 0.29) is 17.4 Å². The van der Waals surface area contributed by atoms with Crippen LogP contribution in [0.2, 0.25) is 0 Å². The third-order valence-corrected chi connectivity index (χ3v) is 5.68. The van der Waals surface area contributed by atoms with Crippen molar-refractivity contribution in [2.45, 2.75) is 18.6 Å². The summed E-state index contributed by atoms with van der Waals surface area (Å²) in [7, 11) is -2.76. The van der Waals surface area contributed by atoms with Gasteiger partial charge >= 0.3 is 0 Å². The van der Waals surface area contributed by atoms with Crippen molar-refractivity contribution in [3.63, 3.8) is 0 Å². The molecule has 0 spiro atoms. The molecule has 7 nitrogen and oxygen atoms in total. The summed E-state index contributed by atoms with van der Waals surface area (Å²) in [6.07, 6.45) is 3.91. The summed E-state index contributed by atoms with van der Waals surface area (Å²) < 4.78 is 54.1. The molecule has 1 aromatic heterocycles. The molecule has 4 rings (SSSR count). The Hall–Kier alpha value is -3.27. The molecular weight excluding hydrogens is 436 g/mol. The van der Waals surface area contributed by atoms with E-state index in [4.69, 9.17) is 9.52 Å². The summed E-state index contributed by atoms with van der Waals surface area (Å²) in [6, 6.07) is 9.30. The quantitative estimate of drug-likeness (QED) is 0.503. The van der Waals surface area contributed by atoms with Crippen LogP contribution in [0.25, 0.3) is 11.3 Å². The molecule has 0 amide bonds. The van der Waals surface area contributed by atoms with Crippen LogP contribution in [0, 0.1) is 16.4 Å². The summed E-state index contributed by atoms with van der Waals surface area (Å²) in [4.78, 5) is 8.34. The Morgan fingerprint density at radius 2 is 2.03 bits per heavy atom. The van der Waals surface area contributed by atoms with Gasteiger partial charge in [0.15, 0.2) is 5.82 Å². The van der Waals surface area contributed by atoms with Gasteiger partial charge in [-0.25, -0.2) is 23.0 Å². The lowest BCUT2D eigenvalue weighted by molar-refractivity contribution is 0.308. The van der Waals surface area contributed by atoms with Crippen LogP contribution in [0.15, 0.2) is 42.6 Å². The van der Waals surface area contributed by atoms with Gasteiger partial charge in [-0.1, -0.05) is 0 Å². The van der Waals surface area contributed by atoms with Crippen LogP contribution in [0.3, 0.4) is 0 Å². The van der Waals surface area contributed by atoms with E-state index in [1.54, 1.807) is 18.2 Å². The fourth-order valence-electron chi connectivity index (χ4n) is 3.47. The van der Waals surface area contributed by atoms with E-state index >= 15 is 0 Å². The Kier molecular flexibility index (Phi) is 6.22. The average Bonchev–Trinajstić information content (AvgIpc) is 2.71. The maximum atomic E-state index is 14.6. The van der Waals surface area contributed by atoms with Crippen molar-refractivity contribution in [2.24, 2.45) is 0 Å². The van der Waals surface area contributed by atoms with Crippen LogP contribution >= 0.6 is 0 Å². The molecule has 3 N–H and O–H groups in total. The number of hydrogen-bond donors (Lipinski definition) is 3. The third-order valence-electron chi connectivity index (χ3n) is 4.80. The number of nitrogens with zero attached hydrogens (tertiary/aromatic N) is 2. The molecule has 0 fully saturated rings. The number of nitrogens with one attached hydrogen (secondary N) is 3. The van der Waals surface area contributed by atoms with Gasteiger partial charge in [0, 0.05) is 45.5 Å². The summed E-state index contributed by atoms with van der Waals surface area (Å²) in [5.74, 6) is -0.304. The second kappa shape index (κ2) is 9.07. The molecule has 1 atom stereocenters. The van der Waals surface area contributed by atoms with E-state index < -0.39 is 21.4 Å². The molecular formula is C22H23F2N5O2S. The van der Waals surface area contributed by atoms with E-state index in [1.165, 1.54) is 24.5 Å². The van der Waals surface area contributed by atoms with Gasteiger partial charge in [0.25, 0.3) is 0 Å². The Morgan fingerprint density at radius 3 is 2.84 bits per heavy atom. The summed E-state index contributed by atoms with van der Waals surface area (Å²) >= 11 is 0. The Labute approximate surface area is 185 Å². The molecule has 0 radical (unpaired) electrons. The molecule has 32 heavy (non-hydrogen) atoms. The largest absolute Gasteiger partial charge is 0.494 e. The number of ether oxygens (including phenoxy) is 1. The number of aromatic nitrogens is 2. The second-order valence-electron chi connectivity index (χ2n) is 7.70. The van der Waals surface area contributed by atoms with Crippen molar-refractivity contribution in [1.29, 1.82) is 4.78 Å². The first-order valence-corrected chi connectivity index (χ1v) is 12.2. The van der Waals surface area contributed by atoms with E-state index in [1.807, 2.05) is 0 Å². The molecule has 1 aliphatic rings. The number of hydrogen-bond acceptors (Lipinski definition) is 7. The maximum absolute atomic E-state index is 14.6. The third kappa shape index (κ3) is 5.50. The maximum Gasteiger partial charge on any atom is 0.227 e. The fourth-order valence-corrected chi connectivity index (χ4v) is 4.28. The van der Waals surface area contributed by atoms with Crippen molar-refractivity contribution < 1.29 is 17.7 Å². The van der Waals surface area contributed by atoms with E-state index in [9.17, 15) is 13.0 Å². The first kappa shape index (κ1) is 21.9. The van der Waals surface area contributed by atoms with E-state index in [0.717, 1.165) is 19.0 Å². The van der Waals surface area contributed by atoms with E-state index in [2.05, 4.69) is 20.6 Å². The number of anilines is 3. The Balaban J connectivity index is 1.78. The highest BCUT2D eigenvalue weighted by atomic mass is 32.2. The van der Waals surface area contributed by atoms with Crippen molar-refractivity contribution in [3.05, 3.63) is 59.8 Å². The first-order chi connectivity index (χ1) is 15.3. The molecule has 2 heterocycles. The minimum absolute atomic E-state index is 0.0373. The molecule has 1 aliphatic heterocycles. The monoisotopic (exact) mass is 459 g/mol. The molecule has 3 aromatic rings. The zero-order valence-electron chi connectivity index (χ0n) is 17.5. The zero-order chi connectivity index (χ0) is 22.7. The highest BCUT2D eigenvalue weighted by Gasteiger charge is 2.16. The van der Waals surface area contributed by atoms with Crippen LogP contribution in [-0.2, 0) is 15.5 Å². The fraction of sp³-hybridized carbons (Fsp3) is 0.273. The van der Waals surface area contributed by atoms with Crippen molar-refractivity contribution in [1.82, 2.24) is 9.97 Å². The van der Waals surface area contributed by atoms with E-state index in [0.29, 0.717) is 41.4 Å². The zero-order valence-corrected chi connectivity index (χ0v) is 18.3. The topological polar surface area (TPSA) is 100.0 Å². The molecule has 2 aromatic carbocycles. The predicted molar refractivity (Wildman–Crippen MR) is 121 cm³/mol. The second-order valence-corrected chi connectivity index (χ2v) is 10.0. The minimum Gasteiger partial charge on any atom is -0.494 e. The van der Waals surface area contributed by atoms with Crippen LogP contribution in [0.4, 0.5) is 26.1 Å². The summed E-state index contributed by atoms with van der Waals surface area (Å²) in [5, 5.41) is 6.19. The Bertz CT molecular complexity index is 1250. The minimum atomic E-state index is -2.76. The standard InChI is InChI=1S/C22H23F2N5O2S/c1-32(25,30)13-14-8-16-11-17(9-14)31-7-3-2-6-26-20-10-15(23)4-5-18(20)21-19(24)12-27-22(28-16)29-21/h4-5,8-12,25-26H,2-3,6-7,13H2,1H3,(H,27,28,29). The average molecular weight is 460 g/mol. The van der Waals surface area contributed by atoms with Crippen LogP contribution < -0.4 is 15.4 Å². The molecule has 0 aliphatic carbocycles. The predicted octanol–water partition coefficient (Wildman–Crippen LogP) is 4.93. The van der Waals surface area contributed by atoms with Crippen LogP contribution in [0.1, 0.15) is 18.4 Å². The van der Waals surface area contributed by atoms with Crippen molar-refractivity contribution in [2.75, 3.05) is 30.0 Å². The normalized spacial score (nSPS) is 15.6. The lowest BCUT2D eigenvalue weighted by Crippen LogP contribution is -2.07. The molecule has 1 unspecified atom stereocenters. The lowest BCUT2D eigenvalue weighted by atomic mass is 10.1. The van der Waals surface area contributed by atoms with Gasteiger partial charge < -0.3 is 15.4 Å². The molecule has 0 saturated heterocycles. The lowest BCUT2D eigenvalue weighted by Gasteiger charge is -2.13. The van der Waals surface area contributed by atoms with Gasteiger partial charge in [-0.05, 0) is 48.7 Å². The summed E-state index contributed by atoms with van der Waals surface area (Å²) in [6.45, 7) is 0.988. The smallest absolute Gasteiger partial charge is 0.227 e. The molecule has 0 saturated carbocycles. The Morgan fingerprint density at radius 1 is 1.19 bits per heavy atom. The van der Waals surface area contributed by atoms with Gasteiger partial charge in [-0.2, -0.15) is 0 Å². The molecule has 4 bridgehead atoms. The van der Waals surface area contributed by atoms with Gasteiger partial charge in [0.1, 0.15) is 17.3 Å². The number of fused-ring (bicyclic) bond motifs is 6. The van der Waals surface area contributed by atoms with Crippen LogP contribution in [0.5, 0.6) is 5.75 Å². The number of halogens is 2. The van der Waals surface area contributed by atoms with Gasteiger partial charge in [0.05, 0.1) is 18.6 Å². The highest BCUT2D eigenvalue weighted by molar-refractivity contribution is 7.90. The van der Waals surface area contributed by atoms with Gasteiger partial charge in [-0.3, -0.25) is 4.78 Å². The van der Waals surface area contributed by atoms with Gasteiger partial charge in [0.2, 0.25) is 5.95 Å². The number of benzene rings is 2. The van der Waals surface area contributed by atoms with Crippen molar-refractivity contribution in [3.8, 4) is 17.0 Å².